The van der Waals surface area contributed by atoms with Crippen LogP contribution in [0.1, 0.15) is 16.1 Å². The first-order chi connectivity index (χ1) is 9.49. The van der Waals surface area contributed by atoms with Crippen LogP contribution in [-0.4, -0.2) is 31.5 Å². The lowest BCUT2D eigenvalue weighted by Crippen LogP contribution is -2.28. The van der Waals surface area contributed by atoms with E-state index < -0.39 is 17.6 Å². The molecule has 0 aromatic carbocycles. The number of carbonyl (C=O) groups is 2. The minimum absolute atomic E-state index is 0.00289. The number of aromatic carboxylic acids is 1. The summed E-state index contributed by atoms with van der Waals surface area (Å²) in [7, 11) is 0. The molecular weight excluding hydrogens is 264 g/mol. The van der Waals surface area contributed by atoms with Crippen molar-refractivity contribution in [3.8, 4) is 0 Å². The van der Waals surface area contributed by atoms with E-state index in [2.05, 4.69) is 15.3 Å². The third kappa shape index (κ3) is 2.74. The molecule has 104 valence electrons. The Balaban J connectivity index is 2.15. The number of H-pyrrole nitrogens is 1. The molecule has 2 heterocycles. The highest BCUT2D eigenvalue weighted by Crippen LogP contribution is 2.18. The van der Waals surface area contributed by atoms with Gasteiger partial charge in [0.05, 0.1) is 5.69 Å². The number of carbonyl (C=O) groups excluding carboxylic acids is 1. The molecule has 3 N–H and O–H groups in total. The van der Waals surface area contributed by atoms with Gasteiger partial charge in [-0.05, 0) is 13.0 Å². The predicted octanol–water partition coefficient (Wildman–Crippen LogP) is 0.217. The van der Waals surface area contributed by atoms with E-state index in [1.807, 2.05) is 0 Å². The molecule has 0 aliphatic carbocycles. The molecule has 2 rings (SSSR count). The van der Waals surface area contributed by atoms with Crippen molar-refractivity contribution < 1.29 is 14.7 Å². The average Bonchev–Trinajstić information content (AvgIpc) is 2.73. The Kier molecular flexibility index (Phi) is 3.65. The topological polar surface area (TPSA) is 117 Å². The molecule has 0 aliphatic heterocycles. The summed E-state index contributed by atoms with van der Waals surface area (Å²) in [6.07, 6.45) is 4.15. The molecule has 0 atom stereocenters. The van der Waals surface area contributed by atoms with Gasteiger partial charge in [-0.2, -0.15) is 0 Å². The second-order valence-corrected chi connectivity index (χ2v) is 4.09. The van der Waals surface area contributed by atoms with Crippen LogP contribution in [0, 0.1) is 6.92 Å². The Morgan fingerprint density at radius 3 is 2.90 bits per heavy atom. The zero-order chi connectivity index (χ0) is 14.7. The van der Waals surface area contributed by atoms with Gasteiger partial charge in [0.15, 0.2) is 0 Å². The first-order valence-electron chi connectivity index (χ1n) is 5.71. The molecule has 2 aromatic rings. The summed E-state index contributed by atoms with van der Waals surface area (Å²) < 4.78 is 1.12. The predicted molar refractivity (Wildman–Crippen MR) is 69.6 cm³/mol. The zero-order valence-corrected chi connectivity index (χ0v) is 10.6. The second kappa shape index (κ2) is 5.39. The number of amides is 1. The number of nitrogens with zero attached hydrogens (tertiary/aromatic N) is 2. The summed E-state index contributed by atoms with van der Waals surface area (Å²) in [6.45, 7) is 1.35. The van der Waals surface area contributed by atoms with Crippen LogP contribution in [0.5, 0.6) is 0 Å². The van der Waals surface area contributed by atoms with Gasteiger partial charge in [0.2, 0.25) is 5.91 Å². The van der Waals surface area contributed by atoms with Crippen LogP contribution in [0.2, 0.25) is 0 Å². The molecule has 8 heteroatoms. The Hall–Kier alpha value is -2.90. The van der Waals surface area contributed by atoms with E-state index in [1.165, 1.54) is 24.7 Å². The average molecular weight is 276 g/mol. The van der Waals surface area contributed by atoms with Gasteiger partial charge >= 0.3 is 11.7 Å². The normalized spacial score (nSPS) is 10.2. The van der Waals surface area contributed by atoms with E-state index in [4.69, 9.17) is 5.11 Å². The smallest absolute Gasteiger partial charge is 0.347 e. The van der Waals surface area contributed by atoms with Gasteiger partial charge in [0, 0.05) is 24.3 Å². The lowest BCUT2D eigenvalue weighted by atomic mass is 10.2. The molecule has 0 radical (unpaired) electrons. The molecular formula is C12H12N4O4. The van der Waals surface area contributed by atoms with Crippen molar-refractivity contribution in [3.63, 3.8) is 0 Å². The van der Waals surface area contributed by atoms with E-state index >= 15 is 0 Å². The highest BCUT2D eigenvalue weighted by atomic mass is 16.4. The fraction of sp³-hybridized carbons (Fsp3) is 0.167. The fourth-order valence-corrected chi connectivity index (χ4v) is 1.75. The summed E-state index contributed by atoms with van der Waals surface area (Å²) >= 11 is 0. The Morgan fingerprint density at radius 2 is 2.25 bits per heavy atom. The van der Waals surface area contributed by atoms with Crippen LogP contribution in [0.15, 0.2) is 29.5 Å². The number of rotatable bonds is 4. The number of carboxylic acids is 1. The molecule has 0 spiro atoms. The van der Waals surface area contributed by atoms with Crippen molar-refractivity contribution in [2.75, 3.05) is 5.32 Å². The Morgan fingerprint density at radius 1 is 1.50 bits per heavy atom. The van der Waals surface area contributed by atoms with Crippen LogP contribution in [0.25, 0.3) is 0 Å². The highest BCUT2D eigenvalue weighted by Gasteiger charge is 2.17. The Labute approximate surface area is 113 Å². The number of aromatic amines is 1. The third-order valence-corrected chi connectivity index (χ3v) is 2.66. The second-order valence-electron chi connectivity index (χ2n) is 4.09. The molecule has 1 amide bonds. The number of hydrogen-bond acceptors (Lipinski definition) is 4. The molecule has 0 saturated heterocycles. The fourth-order valence-electron chi connectivity index (χ4n) is 1.75. The Bertz CT molecular complexity index is 716. The van der Waals surface area contributed by atoms with Gasteiger partial charge in [-0.25, -0.2) is 14.6 Å². The minimum Gasteiger partial charge on any atom is -0.478 e. The van der Waals surface area contributed by atoms with Crippen LogP contribution >= 0.6 is 0 Å². The van der Waals surface area contributed by atoms with Crippen molar-refractivity contribution in [3.05, 3.63) is 46.4 Å². The number of nitrogens with one attached hydrogen (secondary N) is 2. The maximum Gasteiger partial charge on any atom is 0.347 e. The van der Waals surface area contributed by atoms with Crippen molar-refractivity contribution >= 4 is 17.6 Å². The van der Waals surface area contributed by atoms with E-state index in [-0.39, 0.29) is 17.8 Å². The molecule has 2 aromatic heterocycles. The molecule has 0 saturated carbocycles. The van der Waals surface area contributed by atoms with E-state index in [0.717, 1.165) is 4.57 Å². The number of aromatic nitrogens is 3. The number of carboxylic acid groups (broad SMARTS) is 1. The summed E-state index contributed by atoms with van der Waals surface area (Å²) in [6, 6.07) is 1.53. The minimum atomic E-state index is -1.14. The number of anilines is 1. The molecule has 8 nitrogen and oxygen atoms in total. The van der Waals surface area contributed by atoms with E-state index in [9.17, 15) is 14.4 Å². The monoisotopic (exact) mass is 276 g/mol. The van der Waals surface area contributed by atoms with Crippen LogP contribution in [0.4, 0.5) is 5.69 Å². The van der Waals surface area contributed by atoms with Crippen molar-refractivity contribution in [2.45, 2.75) is 13.5 Å². The lowest BCUT2D eigenvalue weighted by molar-refractivity contribution is -0.116. The van der Waals surface area contributed by atoms with Crippen LogP contribution < -0.4 is 11.0 Å². The van der Waals surface area contributed by atoms with Crippen molar-refractivity contribution in [2.24, 2.45) is 0 Å². The van der Waals surface area contributed by atoms with Gasteiger partial charge in [0.25, 0.3) is 0 Å². The highest BCUT2D eigenvalue weighted by molar-refractivity contribution is 6.01. The maximum atomic E-state index is 11.8. The van der Waals surface area contributed by atoms with Gasteiger partial charge < -0.3 is 15.4 Å². The van der Waals surface area contributed by atoms with E-state index in [0.29, 0.717) is 5.69 Å². The molecule has 0 fully saturated rings. The molecule has 0 bridgehead atoms. The first kappa shape index (κ1) is 13.5. The number of aryl methyl sites for hydroxylation is 1. The summed E-state index contributed by atoms with van der Waals surface area (Å²) in [5, 5.41) is 11.5. The van der Waals surface area contributed by atoms with Gasteiger partial charge in [-0.15, -0.1) is 0 Å². The first-order valence-corrected chi connectivity index (χ1v) is 5.71. The van der Waals surface area contributed by atoms with Crippen LogP contribution in [0.3, 0.4) is 0 Å². The largest absolute Gasteiger partial charge is 0.478 e. The summed E-state index contributed by atoms with van der Waals surface area (Å²) in [4.78, 5) is 40.5. The third-order valence-electron chi connectivity index (χ3n) is 2.66. The van der Waals surface area contributed by atoms with Crippen molar-refractivity contribution in [1.82, 2.24) is 14.5 Å². The standard InChI is InChI=1S/C12H12N4O4/c1-7-10(11(18)19)8(5-14-7)15-9(17)6-16-4-2-3-13-12(16)20/h2-5,14H,6H2,1H3,(H,15,17)(H,18,19). The van der Waals surface area contributed by atoms with Gasteiger partial charge in [-0.3, -0.25) is 9.36 Å². The summed E-state index contributed by atoms with van der Waals surface area (Å²) in [5.74, 6) is -1.65. The molecule has 0 unspecified atom stereocenters. The molecule has 20 heavy (non-hydrogen) atoms. The number of hydrogen-bond donors (Lipinski definition) is 3. The van der Waals surface area contributed by atoms with Gasteiger partial charge in [-0.1, -0.05) is 0 Å². The van der Waals surface area contributed by atoms with E-state index in [1.54, 1.807) is 6.92 Å². The summed E-state index contributed by atoms with van der Waals surface area (Å²) in [5.41, 5.74) is 0.0477. The lowest BCUT2D eigenvalue weighted by Gasteiger charge is -2.06. The SMILES string of the molecule is Cc1[nH]cc(NC(=O)Cn2cccnc2=O)c1C(=O)O. The zero-order valence-electron chi connectivity index (χ0n) is 10.6. The van der Waals surface area contributed by atoms with Gasteiger partial charge in [0.1, 0.15) is 12.1 Å². The maximum absolute atomic E-state index is 11.8. The van der Waals surface area contributed by atoms with Crippen molar-refractivity contribution in [1.29, 1.82) is 0 Å². The molecule has 0 aliphatic rings. The quantitative estimate of drug-likeness (QED) is 0.738. The van der Waals surface area contributed by atoms with Crippen LogP contribution in [-0.2, 0) is 11.3 Å².